The van der Waals surface area contributed by atoms with Crippen molar-refractivity contribution in [3.05, 3.63) is 17.1 Å². The number of hydrogen-bond acceptors (Lipinski definition) is 5. The largest absolute Gasteiger partial charge is 0.397 e. The van der Waals surface area contributed by atoms with Crippen LogP contribution in [0, 0.1) is 6.92 Å². The fourth-order valence-corrected chi connectivity index (χ4v) is 3.44. The van der Waals surface area contributed by atoms with Crippen LogP contribution in [0.1, 0.15) is 17.8 Å². The number of benzene rings is 1. The molecule has 0 bridgehead atoms. The molecule has 1 saturated heterocycles. The third-order valence-corrected chi connectivity index (χ3v) is 4.59. The Kier molecular flexibility index (Phi) is 3.25. The molecule has 1 fully saturated rings. The van der Waals surface area contributed by atoms with Crippen LogP contribution in [0.3, 0.4) is 0 Å². The molecule has 106 valence electrons. The highest BCUT2D eigenvalue weighted by atomic mass is 32.1. The summed E-state index contributed by atoms with van der Waals surface area (Å²) in [6.45, 7) is 2.71. The van der Waals surface area contributed by atoms with E-state index in [9.17, 15) is 4.79 Å². The van der Waals surface area contributed by atoms with Crippen LogP contribution in [0.4, 0.5) is 11.4 Å². The molecule has 1 aliphatic heterocycles. The zero-order valence-corrected chi connectivity index (χ0v) is 12.5. The third kappa shape index (κ3) is 2.43. The van der Waals surface area contributed by atoms with E-state index in [4.69, 9.17) is 5.73 Å². The van der Waals surface area contributed by atoms with Crippen molar-refractivity contribution in [2.45, 2.75) is 25.8 Å². The molecule has 6 heteroatoms. The Morgan fingerprint density at radius 3 is 3.05 bits per heavy atom. The van der Waals surface area contributed by atoms with Gasteiger partial charge in [-0.05, 0) is 25.5 Å². The van der Waals surface area contributed by atoms with Gasteiger partial charge in [0.2, 0.25) is 5.91 Å². The molecule has 2 heterocycles. The minimum Gasteiger partial charge on any atom is -0.397 e. The number of piperidine rings is 1. The molecule has 1 aliphatic rings. The summed E-state index contributed by atoms with van der Waals surface area (Å²) in [6, 6.07) is 4.22. The van der Waals surface area contributed by atoms with Crippen molar-refractivity contribution in [2.24, 2.45) is 0 Å². The number of rotatable bonds is 2. The highest BCUT2D eigenvalue weighted by Gasteiger charge is 2.23. The standard InChI is InChI=1S/C14H18N4OS/c1-8-16-12-6-11(10(15)5-13(12)20-8)17-9-3-4-14(19)18(2)7-9/h5-6,9,17H,3-4,7,15H2,1-2H3. The summed E-state index contributed by atoms with van der Waals surface area (Å²) < 4.78 is 1.11. The number of amides is 1. The van der Waals surface area contributed by atoms with E-state index in [2.05, 4.69) is 10.3 Å². The fourth-order valence-electron chi connectivity index (χ4n) is 2.58. The number of thiazole rings is 1. The van der Waals surface area contributed by atoms with Gasteiger partial charge >= 0.3 is 0 Å². The van der Waals surface area contributed by atoms with Crippen LogP contribution in [0.15, 0.2) is 12.1 Å². The first kappa shape index (κ1) is 13.2. The lowest BCUT2D eigenvalue weighted by atomic mass is 10.1. The molecule has 1 amide bonds. The molecule has 3 N–H and O–H groups in total. The summed E-state index contributed by atoms with van der Waals surface area (Å²) in [7, 11) is 1.84. The second kappa shape index (κ2) is 4.94. The first-order chi connectivity index (χ1) is 9.52. The van der Waals surface area contributed by atoms with Crippen molar-refractivity contribution in [1.29, 1.82) is 0 Å². The number of aryl methyl sites for hydroxylation is 1. The van der Waals surface area contributed by atoms with Crippen molar-refractivity contribution in [1.82, 2.24) is 9.88 Å². The van der Waals surface area contributed by atoms with Gasteiger partial charge in [0.1, 0.15) is 0 Å². The number of likely N-dealkylation sites (N-methyl/N-ethyl adjacent to an activating group) is 1. The Balaban J connectivity index is 1.83. The average Bonchev–Trinajstić information content (AvgIpc) is 2.73. The van der Waals surface area contributed by atoms with E-state index in [1.165, 1.54) is 0 Å². The molecular weight excluding hydrogens is 272 g/mol. The van der Waals surface area contributed by atoms with Crippen molar-refractivity contribution in [2.75, 3.05) is 24.6 Å². The number of hydrogen-bond donors (Lipinski definition) is 2. The third-order valence-electron chi connectivity index (χ3n) is 3.65. The van der Waals surface area contributed by atoms with Crippen molar-refractivity contribution in [3.8, 4) is 0 Å². The zero-order chi connectivity index (χ0) is 14.3. The zero-order valence-electron chi connectivity index (χ0n) is 11.6. The normalized spacial score (nSPS) is 19.6. The number of likely N-dealkylation sites (tertiary alicyclic amines) is 1. The minimum absolute atomic E-state index is 0.210. The lowest BCUT2D eigenvalue weighted by Crippen LogP contribution is -2.43. The van der Waals surface area contributed by atoms with Gasteiger partial charge < -0.3 is 16.0 Å². The summed E-state index contributed by atoms with van der Waals surface area (Å²) in [6.07, 6.45) is 1.43. The summed E-state index contributed by atoms with van der Waals surface area (Å²) in [5.41, 5.74) is 8.74. The fraction of sp³-hybridized carbons (Fsp3) is 0.429. The van der Waals surface area contributed by atoms with Gasteiger partial charge in [0.05, 0.1) is 26.6 Å². The molecule has 5 nitrogen and oxygen atoms in total. The summed E-state index contributed by atoms with van der Waals surface area (Å²) in [5, 5.41) is 4.49. The van der Waals surface area contributed by atoms with Gasteiger partial charge in [-0.25, -0.2) is 4.98 Å². The molecule has 2 aromatic rings. The van der Waals surface area contributed by atoms with Crippen molar-refractivity contribution in [3.63, 3.8) is 0 Å². The maximum Gasteiger partial charge on any atom is 0.222 e. The van der Waals surface area contributed by atoms with E-state index in [1.807, 2.05) is 26.1 Å². The highest BCUT2D eigenvalue weighted by molar-refractivity contribution is 7.18. The molecule has 0 aliphatic carbocycles. The Morgan fingerprint density at radius 1 is 1.50 bits per heavy atom. The summed E-state index contributed by atoms with van der Waals surface area (Å²) in [5.74, 6) is 0.210. The predicted octanol–water partition coefficient (Wildman–Crippen LogP) is 2.22. The smallest absolute Gasteiger partial charge is 0.222 e. The average molecular weight is 290 g/mol. The molecule has 1 aromatic heterocycles. The molecule has 1 unspecified atom stereocenters. The van der Waals surface area contributed by atoms with E-state index in [1.54, 1.807) is 16.2 Å². The summed E-state index contributed by atoms with van der Waals surface area (Å²) in [4.78, 5) is 17.8. The Labute approximate surface area is 121 Å². The number of nitrogen functional groups attached to an aromatic ring is 1. The maximum absolute atomic E-state index is 11.5. The van der Waals surface area contributed by atoms with E-state index in [0.717, 1.165) is 33.0 Å². The SMILES string of the molecule is Cc1nc2cc(NC3CCC(=O)N(C)C3)c(N)cc2s1. The van der Waals surface area contributed by atoms with E-state index < -0.39 is 0 Å². The minimum atomic E-state index is 0.210. The van der Waals surface area contributed by atoms with Crippen LogP contribution in [-0.2, 0) is 4.79 Å². The molecule has 0 spiro atoms. The number of carbonyl (C=O) groups is 1. The van der Waals surface area contributed by atoms with Crippen LogP contribution < -0.4 is 11.1 Å². The van der Waals surface area contributed by atoms with E-state index in [-0.39, 0.29) is 11.9 Å². The Morgan fingerprint density at radius 2 is 2.30 bits per heavy atom. The molecule has 20 heavy (non-hydrogen) atoms. The molecule has 3 rings (SSSR count). The number of nitrogens with two attached hydrogens (primary N) is 1. The monoisotopic (exact) mass is 290 g/mol. The van der Waals surface area contributed by atoms with Crippen LogP contribution in [0.5, 0.6) is 0 Å². The van der Waals surface area contributed by atoms with Crippen molar-refractivity contribution >= 4 is 38.8 Å². The predicted molar refractivity (Wildman–Crippen MR) is 83.1 cm³/mol. The van der Waals surface area contributed by atoms with Crippen LogP contribution >= 0.6 is 11.3 Å². The maximum atomic E-state index is 11.5. The van der Waals surface area contributed by atoms with Gasteiger partial charge in [0.25, 0.3) is 0 Å². The Bertz CT molecular complexity index is 666. The van der Waals surface area contributed by atoms with Gasteiger partial charge in [-0.2, -0.15) is 0 Å². The lowest BCUT2D eigenvalue weighted by molar-refractivity contribution is -0.132. The van der Waals surface area contributed by atoms with E-state index >= 15 is 0 Å². The van der Waals surface area contributed by atoms with Gasteiger partial charge in [-0.15, -0.1) is 11.3 Å². The summed E-state index contributed by atoms with van der Waals surface area (Å²) >= 11 is 1.65. The second-order valence-electron chi connectivity index (χ2n) is 5.29. The number of carbonyl (C=O) groups excluding carboxylic acids is 1. The van der Waals surface area contributed by atoms with Crippen LogP contribution in [0.2, 0.25) is 0 Å². The lowest BCUT2D eigenvalue weighted by Gasteiger charge is -2.31. The molecular formula is C14H18N4OS. The molecule has 0 saturated carbocycles. The highest BCUT2D eigenvalue weighted by Crippen LogP contribution is 2.30. The topological polar surface area (TPSA) is 71.2 Å². The van der Waals surface area contributed by atoms with Gasteiger partial charge in [-0.3, -0.25) is 4.79 Å². The first-order valence-electron chi connectivity index (χ1n) is 6.70. The number of aromatic nitrogens is 1. The van der Waals surface area contributed by atoms with Crippen LogP contribution in [0.25, 0.3) is 10.2 Å². The van der Waals surface area contributed by atoms with Crippen molar-refractivity contribution < 1.29 is 4.79 Å². The van der Waals surface area contributed by atoms with Gasteiger partial charge in [0.15, 0.2) is 0 Å². The number of nitrogens with zero attached hydrogens (tertiary/aromatic N) is 2. The molecule has 1 atom stereocenters. The molecule has 0 radical (unpaired) electrons. The van der Waals surface area contributed by atoms with E-state index in [0.29, 0.717) is 13.0 Å². The van der Waals surface area contributed by atoms with Gasteiger partial charge in [-0.1, -0.05) is 0 Å². The first-order valence-corrected chi connectivity index (χ1v) is 7.52. The number of fused-ring (bicyclic) bond motifs is 1. The quantitative estimate of drug-likeness (QED) is 0.832. The number of anilines is 2. The number of nitrogens with one attached hydrogen (secondary N) is 1. The Hall–Kier alpha value is -1.82. The molecule has 1 aromatic carbocycles. The second-order valence-corrected chi connectivity index (χ2v) is 6.53. The van der Waals surface area contributed by atoms with Crippen LogP contribution in [-0.4, -0.2) is 35.4 Å². The van der Waals surface area contributed by atoms with Gasteiger partial charge in [0, 0.05) is 26.1 Å².